The van der Waals surface area contributed by atoms with E-state index in [1.165, 1.54) is 44.9 Å². The number of benzene rings is 1. The molecule has 1 heterocycles. The monoisotopic (exact) mass is 522 g/mol. The van der Waals surface area contributed by atoms with Gasteiger partial charge < -0.3 is 14.2 Å². The molecule has 4 unspecified atom stereocenters. The summed E-state index contributed by atoms with van der Waals surface area (Å²) in [5.41, 5.74) is 1.31. The fourth-order valence-electron chi connectivity index (χ4n) is 10.5. The van der Waals surface area contributed by atoms with Crippen molar-refractivity contribution in [3.05, 3.63) is 35.9 Å². The van der Waals surface area contributed by atoms with E-state index in [1.54, 1.807) is 0 Å². The van der Waals surface area contributed by atoms with Crippen LogP contribution in [0.5, 0.6) is 0 Å². The molecule has 0 radical (unpaired) electrons. The fourth-order valence-corrected chi connectivity index (χ4v) is 10.5. The molecule has 4 saturated carbocycles. The van der Waals surface area contributed by atoms with E-state index in [1.807, 2.05) is 30.3 Å². The first-order valence-electron chi connectivity index (χ1n) is 15.8. The molecule has 4 aliphatic carbocycles. The van der Waals surface area contributed by atoms with Gasteiger partial charge in [-0.25, -0.2) is 4.79 Å². The van der Waals surface area contributed by atoms with E-state index in [0.29, 0.717) is 47.9 Å². The van der Waals surface area contributed by atoms with Crippen LogP contribution in [0.3, 0.4) is 0 Å². The lowest BCUT2D eigenvalue weighted by molar-refractivity contribution is -0.242. The van der Waals surface area contributed by atoms with Crippen LogP contribution in [-0.2, 0) is 14.2 Å². The highest BCUT2D eigenvalue weighted by molar-refractivity contribution is 5.89. The molecule has 1 spiro atoms. The molecule has 4 nitrogen and oxygen atoms in total. The summed E-state index contributed by atoms with van der Waals surface area (Å²) in [6.45, 7) is 11.4. The van der Waals surface area contributed by atoms with E-state index >= 15 is 0 Å². The van der Waals surface area contributed by atoms with Crippen LogP contribution in [-0.4, -0.2) is 31.1 Å². The Bertz CT molecular complexity index is 985. The number of hydrogen-bond acceptors (Lipinski definition) is 4. The summed E-state index contributed by atoms with van der Waals surface area (Å²) in [4.78, 5) is 13.5. The van der Waals surface area contributed by atoms with Crippen LogP contribution < -0.4 is 0 Å². The van der Waals surface area contributed by atoms with Gasteiger partial charge in [-0.2, -0.15) is 0 Å². The number of fused-ring (bicyclic) bond motifs is 5. The Morgan fingerprint density at radius 2 is 1.74 bits per heavy atom. The van der Waals surface area contributed by atoms with Gasteiger partial charge in [0, 0.05) is 18.8 Å². The Morgan fingerprint density at radius 3 is 2.47 bits per heavy atom. The summed E-state index contributed by atoms with van der Waals surface area (Å²) in [7, 11) is 0. The number of unbranched alkanes of at least 4 members (excludes halogenated alkanes) is 1. The van der Waals surface area contributed by atoms with Gasteiger partial charge in [-0.3, -0.25) is 0 Å². The van der Waals surface area contributed by atoms with Gasteiger partial charge in [-0.15, -0.1) is 0 Å². The van der Waals surface area contributed by atoms with Gasteiger partial charge in [0.05, 0.1) is 18.8 Å². The topological polar surface area (TPSA) is 44.8 Å². The van der Waals surface area contributed by atoms with Crippen LogP contribution in [0.4, 0.5) is 0 Å². The zero-order valence-electron chi connectivity index (χ0n) is 24.3. The maximum atomic E-state index is 13.5. The number of esters is 1. The Hall–Kier alpha value is -1.39. The molecule has 1 aliphatic heterocycles. The molecule has 4 heteroatoms. The largest absolute Gasteiger partial charge is 0.458 e. The third-order valence-corrected chi connectivity index (χ3v) is 12.5. The normalized spacial score (nSPS) is 42.2. The smallest absolute Gasteiger partial charge is 0.338 e. The fraction of sp³-hybridized carbons (Fsp3) is 0.794. The molecule has 9 atom stereocenters. The van der Waals surface area contributed by atoms with Crippen LogP contribution in [0, 0.1) is 46.3 Å². The molecule has 0 N–H and O–H groups in total. The van der Waals surface area contributed by atoms with E-state index in [2.05, 4.69) is 27.7 Å². The van der Waals surface area contributed by atoms with Crippen molar-refractivity contribution in [1.82, 2.24) is 0 Å². The molecule has 6 rings (SSSR count). The number of carbonyl (C=O) groups excluding carboxylic acids is 1. The highest BCUT2D eigenvalue weighted by Gasteiger charge is 2.65. The second-order valence-electron chi connectivity index (χ2n) is 14.2. The van der Waals surface area contributed by atoms with Crippen LogP contribution in [0.1, 0.15) is 109 Å². The molecule has 1 saturated heterocycles. The van der Waals surface area contributed by atoms with Crippen molar-refractivity contribution in [2.75, 3.05) is 13.2 Å². The molecule has 210 valence electrons. The van der Waals surface area contributed by atoms with E-state index < -0.39 is 5.79 Å². The molecule has 0 bridgehead atoms. The van der Waals surface area contributed by atoms with E-state index in [0.717, 1.165) is 37.5 Å². The number of ether oxygens (including phenoxy) is 3. The Balaban J connectivity index is 1.31. The van der Waals surface area contributed by atoms with E-state index in [9.17, 15) is 4.79 Å². The molecule has 1 aromatic rings. The minimum Gasteiger partial charge on any atom is -0.458 e. The summed E-state index contributed by atoms with van der Waals surface area (Å²) in [6, 6.07) is 9.64. The average molecular weight is 523 g/mol. The summed E-state index contributed by atoms with van der Waals surface area (Å²) >= 11 is 0. The molecular formula is C34H50O4. The van der Waals surface area contributed by atoms with Crippen LogP contribution >= 0.6 is 0 Å². The minimum absolute atomic E-state index is 0.0170. The third kappa shape index (κ3) is 4.37. The second kappa shape index (κ2) is 10.2. The van der Waals surface area contributed by atoms with Crippen molar-refractivity contribution >= 4 is 5.97 Å². The van der Waals surface area contributed by atoms with Crippen LogP contribution in [0.15, 0.2) is 30.3 Å². The van der Waals surface area contributed by atoms with Gasteiger partial charge in [-0.1, -0.05) is 65.2 Å². The van der Waals surface area contributed by atoms with Gasteiger partial charge in [0.2, 0.25) is 0 Å². The lowest BCUT2D eigenvalue weighted by atomic mass is 9.43. The minimum atomic E-state index is -0.401. The summed E-state index contributed by atoms with van der Waals surface area (Å²) in [6.07, 6.45) is 13.3. The number of hydrogen-bond donors (Lipinski definition) is 0. The molecular weight excluding hydrogens is 472 g/mol. The van der Waals surface area contributed by atoms with Crippen molar-refractivity contribution in [1.29, 1.82) is 0 Å². The quantitative estimate of drug-likeness (QED) is 0.355. The van der Waals surface area contributed by atoms with Crippen LogP contribution in [0.25, 0.3) is 0 Å². The van der Waals surface area contributed by atoms with Gasteiger partial charge in [0.15, 0.2) is 5.79 Å². The van der Waals surface area contributed by atoms with E-state index in [-0.39, 0.29) is 17.5 Å². The molecule has 0 amide bonds. The zero-order chi connectivity index (χ0) is 26.5. The average Bonchev–Trinajstić information content (AvgIpc) is 3.52. The predicted octanol–water partition coefficient (Wildman–Crippen LogP) is 8.05. The molecule has 5 aliphatic rings. The first kappa shape index (κ1) is 26.8. The van der Waals surface area contributed by atoms with Crippen molar-refractivity contribution in [3.8, 4) is 0 Å². The number of rotatable bonds is 6. The number of carbonyl (C=O) groups is 1. The lowest BCUT2D eigenvalue weighted by Crippen LogP contribution is -2.60. The van der Waals surface area contributed by atoms with Crippen molar-refractivity contribution in [2.45, 2.75) is 110 Å². The molecule has 0 aromatic heterocycles. The molecule has 38 heavy (non-hydrogen) atoms. The maximum Gasteiger partial charge on any atom is 0.338 e. The first-order chi connectivity index (χ1) is 18.3. The summed E-state index contributed by atoms with van der Waals surface area (Å²) in [5.74, 6) is 3.22. The highest BCUT2D eigenvalue weighted by Crippen LogP contribution is 2.69. The Morgan fingerprint density at radius 1 is 1.00 bits per heavy atom. The van der Waals surface area contributed by atoms with Crippen molar-refractivity contribution in [3.63, 3.8) is 0 Å². The lowest BCUT2D eigenvalue weighted by Gasteiger charge is -2.63. The van der Waals surface area contributed by atoms with E-state index in [4.69, 9.17) is 14.2 Å². The maximum absolute atomic E-state index is 13.5. The third-order valence-electron chi connectivity index (χ3n) is 12.5. The van der Waals surface area contributed by atoms with Gasteiger partial charge in [-0.05, 0) is 91.1 Å². The zero-order valence-corrected chi connectivity index (χ0v) is 24.3. The van der Waals surface area contributed by atoms with Crippen molar-refractivity contribution < 1.29 is 19.0 Å². The highest BCUT2D eigenvalue weighted by atomic mass is 16.7. The van der Waals surface area contributed by atoms with Gasteiger partial charge >= 0.3 is 5.97 Å². The summed E-state index contributed by atoms with van der Waals surface area (Å²) < 4.78 is 19.0. The SMILES string of the molecule is CCCC[C@@H](C)[C@H]1CCC2C3C(OC(=O)c4ccccc4)C[C@H]4CC5(CC[C@]4(C)C3CC[C@@]21C)OCCO5. The Labute approximate surface area is 230 Å². The van der Waals surface area contributed by atoms with Crippen LogP contribution in [0.2, 0.25) is 0 Å². The molecule has 5 fully saturated rings. The van der Waals surface area contributed by atoms with Gasteiger partial charge in [0.1, 0.15) is 6.10 Å². The standard InChI is InChI=1S/C34H50O4/c1-5-6-10-23(2)26-13-14-27-30-28(15-16-33(26,27)4)32(3)17-18-34(36-19-20-37-34)22-25(32)21-29(30)38-31(35)24-11-8-7-9-12-24/h7-9,11-12,23,25-30H,5-6,10,13-22H2,1-4H3/t23-,25+,26-,27?,28?,29?,30?,32+,33-/m1/s1. The molecule has 1 aromatic carbocycles. The summed E-state index contributed by atoms with van der Waals surface area (Å²) in [5, 5.41) is 0. The van der Waals surface area contributed by atoms with Gasteiger partial charge in [0.25, 0.3) is 0 Å². The first-order valence-corrected chi connectivity index (χ1v) is 15.8. The second-order valence-corrected chi connectivity index (χ2v) is 14.2. The Kier molecular flexibility index (Phi) is 7.21. The predicted molar refractivity (Wildman–Crippen MR) is 150 cm³/mol. The van der Waals surface area contributed by atoms with Crippen molar-refractivity contribution in [2.24, 2.45) is 46.3 Å².